The normalized spacial score (nSPS) is 12.1. The Hall–Kier alpha value is -3.97. The fourth-order valence-corrected chi connectivity index (χ4v) is 4.87. The molecule has 4 rings (SSSR count). The van der Waals surface area contributed by atoms with Crippen molar-refractivity contribution in [3.8, 4) is 5.75 Å². The smallest absolute Gasteiger partial charge is 0.416 e. The number of H-pyrrole nitrogens is 1. The number of carbonyl (C=O) groups is 1. The van der Waals surface area contributed by atoms with Gasteiger partial charge in [-0.2, -0.15) is 13.2 Å². The molecule has 0 aliphatic rings. The molecule has 0 atom stereocenters. The molecular formula is C24H21F3N4O5S. The van der Waals surface area contributed by atoms with Gasteiger partial charge in [0.15, 0.2) is 0 Å². The SMILES string of the molecule is COCc1cnc(C(=O)c2c(OC)cnc3[nH]ccc23)c(NS(=O)(=O)c2ccc(C)c(C(F)(F)F)c2)c1. The van der Waals surface area contributed by atoms with Gasteiger partial charge < -0.3 is 14.5 Å². The Morgan fingerprint density at radius 3 is 2.54 bits per heavy atom. The summed E-state index contributed by atoms with van der Waals surface area (Å²) in [6.07, 6.45) is -0.511. The monoisotopic (exact) mass is 534 g/mol. The van der Waals surface area contributed by atoms with Crippen molar-refractivity contribution in [1.29, 1.82) is 0 Å². The van der Waals surface area contributed by atoms with Crippen LogP contribution in [0.15, 0.2) is 53.8 Å². The lowest BCUT2D eigenvalue weighted by Gasteiger charge is -2.16. The first-order valence-corrected chi connectivity index (χ1v) is 12.2. The van der Waals surface area contributed by atoms with Gasteiger partial charge in [0.1, 0.15) is 17.1 Å². The Morgan fingerprint density at radius 1 is 1.11 bits per heavy atom. The van der Waals surface area contributed by atoms with Crippen molar-refractivity contribution in [2.75, 3.05) is 18.9 Å². The summed E-state index contributed by atoms with van der Waals surface area (Å²) in [6, 6.07) is 5.60. The molecule has 0 fully saturated rings. The van der Waals surface area contributed by atoms with Crippen LogP contribution in [-0.4, -0.2) is 43.4 Å². The number of aryl methyl sites for hydroxylation is 1. The molecule has 4 aromatic rings. The number of hydrogen-bond acceptors (Lipinski definition) is 7. The summed E-state index contributed by atoms with van der Waals surface area (Å²) in [7, 11) is -1.80. The molecule has 37 heavy (non-hydrogen) atoms. The third-order valence-electron chi connectivity index (χ3n) is 5.54. The summed E-state index contributed by atoms with van der Waals surface area (Å²) in [5.74, 6) is -0.563. The van der Waals surface area contributed by atoms with E-state index in [1.165, 1.54) is 39.6 Å². The predicted molar refractivity (Wildman–Crippen MR) is 128 cm³/mol. The molecule has 0 amide bonds. The maximum Gasteiger partial charge on any atom is 0.416 e. The molecule has 1 aromatic carbocycles. The summed E-state index contributed by atoms with van der Waals surface area (Å²) < 4.78 is 79.2. The second-order valence-electron chi connectivity index (χ2n) is 8.02. The van der Waals surface area contributed by atoms with E-state index in [0.717, 1.165) is 12.1 Å². The van der Waals surface area contributed by atoms with Crippen LogP contribution in [-0.2, 0) is 27.5 Å². The zero-order valence-electron chi connectivity index (χ0n) is 19.8. The van der Waals surface area contributed by atoms with Crippen LogP contribution >= 0.6 is 0 Å². The summed E-state index contributed by atoms with van der Waals surface area (Å²) in [5, 5.41) is 0.411. The van der Waals surface area contributed by atoms with Crippen molar-refractivity contribution in [3.05, 3.63) is 76.9 Å². The molecule has 0 radical (unpaired) electrons. The molecule has 0 aliphatic heterocycles. The van der Waals surface area contributed by atoms with Gasteiger partial charge in [0.2, 0.25) is 5.78 Å². The van der Waals surface area contributed by atoms with Crippen molar-refractivity contribution in [2.24, 2.45) is 0 Å². The molecule has 0 spiro atoms. The molecule has 3 aromatic heterocycles. The number of anilines is 1. The van der Waals surface area contributed by atoms with Crippen molar-refractivity contribution in [1.82, 2.24) is 15.0 Å². The summed E-state index contributed by atoms with van der Waals surface area (Å²) in [6.45, 7) is 1.27. The maximum atomic E-state index is 13.7. The molecule has 0 saturated heterocycles. The molecule has 0 aliphatic carbocycles. The molecule has 2 N–H and O–H groups in total. The van der Waals surface area contributed by atoms with Crippen LogP contribution in [0.4, 0.5) is 18.9 Å². The van der Waals surface area contributed by atoms with Crippen LogP contribution in [0.25, 0.3) is 11.0 Å². The number of pyridine rings is 2. The van der Waals surface area contributed by atoms with Crippen LogP contribution in [0.2, 0.25) is 0 Å². The molecular weight excluding hydrogens is 513 g/mol. The number of fused-ring (bicyclic) bond motifs is 1. The van der Waals surface area contributed by atoms with Crippen molar-refractivity contribution >= 4 is 32.5 Å². The largest absolute Gasteiger partial charge is 0.494 e. The summed E-state index contributed by atoms with van der Waals surface area (Å²) in [4.78, 5) is 24.3. The van der Waals surface area contributed by atoms with E-state index < -0.39 is 32.4 Å². The van der Waals surface area contributed by atoms with Crippen LogP contribution in [0.5, 0.6) is 5.75 Å². The topological polar surface area (TPSA) is 123 Å². The zero-order valence-corrected chi connectivity index (χ0v) is 20.6. The van der Waals surface area contributed by atoms with Crippen molar-refractivity contribution in [3.63, 3.8) is 0 Å². The van der Waals surface area contributed by atoms with E-state index in [-0.39, 0.29) is 34.9 Å². The Balaban J connectivity index is 1.84. The standard InChI is InChI=1S/C24H21F3N4O5S/c1-13-4-5-15(9-17(13)24(25,26)27)37(33,34)31-18-8-14(12-35-2)10-29-21(18)22(32)20-16-6-7-28-23(16)30-11-19(20)36-3/h4-11,31H,12H2,1-3H3,(H,28,30). The highest BCUT2D eigenvalue weighted by molar-refractivity contribution is 7.92. The fourth-order valence-electron chi connectivity index (χ4n) is 3.79. The van der Waals surface area contributed by atoms with E-state index in [9.17, 15) is 26.4 Å². The van der Waals surface area contributed by atoms with Gasteiger partial charge in [0.05, 0.1) is 41.6 Å². The van der Waals surface area contributed by atoms with Gasteiger partial charge in [-0.25, -0.2) is 13.4 Å². The minimum atomic E-state index is -4.75. The number of carbonyl (C=O) groups excluding carboxylic acids is 1. The minimum Gasteiger partial charge on any atom is -0.494 e. The molecule has 0 bridgehead atoms. The van der Waals surface area contributed by atoms with Crippen LogP contribution in [0.1, 0.15) is 32.7 Å². The highest BCUT2D eigenvalue weighted by Crippen LogP contribution is 2.34. The number of sulfonamides is 1. The van der Waals surface area contributed by atoms with E-state index in [1.807, 2.05) is 0 Å². The number of hydrogen-bond donors (Lipinski definition) is 2. The van der Waals surface area contributed by atoms with Gasteiger partial charge >= 0.3 is 6.18 Å². The zero-order chi connectivity index (χ0) is 27.0. The van der Waals surface area contributed by atoms with E-state index in [2.05, 4.69) is 19.7 Å². The number of aromatic nitrogens is 3. The van der Waals surface area contributed by atoms with E-state index >= 15 is 0 Å². The molecule has 3 heterocycles. The molecule has 0 unspecified atom stereocenters. The number of methoxy groups -OCH3 is 2. The maximum absolute atomic E-state index is 13.7. The first kappa shape index (κ1) is 26.1. The summed E-state index contributed by atoms with van der Waals surface area (Å²) in [5.41, 5.74) is -0.863. The van der Waals surface area contributed by atoms with Crippen LogP contribution < -0.4 is 9.46 Å². The number of nitrogens with zero attached hydrogens (tertiary/aromatic N) is 2. The number of ketones is 1. The molecule has 13 heteroatoms. The molecule has 194 valence electrons. The Kier molecular flexibility index (Phi) is 6.93. The average Bonchev–Trinajstić information content (AvgIpc) is 3.31. The van der Waals surface area contributed by atoms with E-state index in [1.54, 1.807) is 12.3 Å². The lowest BCUT2D eigenvalue weighted by atomic mass is 10.0. The average molecular weight is 535 g/mol. The highest BCUT2D eigenvalue weighted by atomic mass is 32.2. The van der Waals surface area contributed by atoms with Gasteiger partial charge in [-0.1, -0.05) is 6.07 Å². The highest BCUT2D eigenvalue weighted by Gasteiger charge is 2.34. The second kappa shape index (κ2) is 9.82. The van der Waals surface area contributed by atoms with Gasteiger partial charge in [-0.05, 0) is 42.3 Å². The lowest BCUT2D eigenvalue weighted by Crippen LogP contribution is -2.19. The Labute approximate surface area is 209 Å². The Bertz CT molecular complexity index is 1600. The van der Waals surface area contributed by atoms with Crippen molar-refractivity contribution < 1.29 is 35.9 Å². The van der Waals surface area contributed by atoms with Crippen molar-refractivity contribution in [2.45, 2.75) is 24.6 Å². The quantitative estimate of drug-likeness (QED) is 0.320. The van der Waals surface area contributed by atoms with Crippen LogP contribution in [0.3, 0.4) is 0 Å². The first-order chi connectivity index (χ1) is 17.5. The number of halogens is 3. The number of rotatable bonds is 8. The van der Waals surface area contributed by atoms with Gasteiger partial charge in [0, 0.05) is 24.9 Å². The fraction of sp³-hybridized carbons (Fsp3) is 0.208. The second-order valence-corrected chi connectivity index (χ2v) is 9.71. The lowest BCUT2D eigenvalue weighted by molar-refractivity contribution is -0.138. The number of benzene rings is 1. The van der Waals surface area contributed by atoms with E-state index in [4.69, 9.17) is 9.47 Å². The number of alkyl halides is 3. The number of aromatic amines is 1. The van der Waals surface area contributed by atoms with E-state index in [0.29, 0.717) is 22.7 Å². The van der Waals surface area contributed by atoms with Gasteiger partial charge in [0.25, 0.3) is 10.0 Å². The first-order valence-electron chi connectivity index (χ1n) is 10.7. The third-order valence-corrected chi connectivity index (χ3v) is 6.90. The molecule has 0 saturated carbocycles. The minimum absolute atomic E-state index is 0.0413. The van der Waals surface area contributed by atoms with Gasteiger partial charge in [-0.15, -0.1) is 0 Å². The number of ether oxygens (including phenoxy) is 2. The molecule has 9 nitrogen and oxygen atoms in total. The number of nitrogens with one attached hydrogen (secondary N) is 2. The predicted octanol–water partition coefficient (Wildman–Crippen LogP) is 4.47. The summed E-state index contributed by atoms with van der Waals surface area (Å²) >= 11 is 0. The van der Waals surface area contributed by atoms with Crippen LogP contribution in [0, 0.1) is 6.92 Å². The third kappa shape index (κ3) is 5.13. The van der Waals surface area contributed by atoms with Gasteiger partial charge in [-0.3, -0.25) is 14.5 Å². The Morgan fingerprint density at radius 2 is 1.86 bits per heavy atom.